The first kappa shape index (κ1) is 13.5. The Morgan fingerprint density at radius 3 is 2.65 bits per heavy atom. The van der Waals surface area contributed by atoms with Gasteiger partial charge < -0.3 is 4.74 Å². The highest BCUT2D eigenvalue weighted by molar-refractivity contribution is 5.58. The number of aryl methyl sites for hydroxylation is 1. The maximum atomic E-state index is 10.8. The van der Waals surface area contributed by atoms with Crippen LogP contribution in [0.2, 0.25) is 0 Å². The lowest BCUT2D eigenvalue weighted by Gasteiger charge is -2.08. The number of rotatable bonds is 4. The number of hydrogen-bond acceptors (Lipinski definition) is 5. The van der Waals surface area contributed by atoms with Gasteiger partial charge in [0.2, 0.25) is 6.08 Å². The molecule has 100 valence electrons. The Bertz CT molecular complexity index is 686. The van der Waals surface area contributed by atoms with Crippen LogP contribution in [0.5, 0.6) is 11.5 Å². The van der Waals surface area contributed by atoms with Crippen LogP contribution in [0.1, 0.15) is 5.56 Å². The van der Waals surface area contributed by atoms with Gasteiger partial charge in [-0.1, -0.05) is 18.2 Å². The molecule has 0 atom stereocenters. The molecule has 0 aliphatic carbocycles. The number of nitrogens with zero attached hydrogens (tertiary/aromatic N) is 2. The molecule has 0 spiro atoms. The van der Waals surface area contributed by atoms with E-state index in [1.807, 2.05) is 19.1 Å². The second-order valence-electron chi connectivity index (χ2n) is 4.01. The zero-order valence-electron chi connectivity index (χ0n) is 10.6. The SMILES string of the molecule is Cc1ccccc1Oc1cc(N=C=O)cc([N+](=O)[O-])c1. The minimum atomic E-state index is -0.575. The standard InChI is InChI=1S/C14H10N2O4/c1-10-4-2-3-5-14(10)20-13-7-11(15-9-17)6-12(8-13)16(18)19/h2-8H,1H3. The number of aliphatic imine (C=N–C) groups is 1. The average molecular weight is 270 g/mol. The highest BCUT2D eigenvalue weighted by Crippen LogP contribution is 2.31. The highest BCUT2D eigenvalue weighted by Gasteiger charge is 2.11. The number of benzene rings is 2. The summed E-state index contributed by atoms with van der Waals surface area (Å²) in [5, 5.41) is 10.8. The Morgan fingerprint density at radius 2 is 2.00 bits per heavy atom. The van der Waals surface area contributed by atoms with Crippen LogP contribution in [0.4, 0.5) is 11.4 Å². The molecule has 2 aromatic carbocycles. The summed E-state index contributed by atoms with van der Waals surface area (Å²) in [7, 11) is 0. The quantitative estimate of drug-likeness (QED) is 0.367. The monoisotopic (exact) mass is 270 g/mol. The molecule has 0 N–H and O–H groups in total. The van der Waals surface area contributed by atoms with Gasteiger partial charge in [0.05, 0.1) is 16.7 Å². The summed E-state index contributed by atoms with van der Waals surface area (Å²) in [5.41, 5.74) is 0.808. The van der Waals surface area contributed by atoms with Gasteiger partial charge in [-0.25, -0.2) is 4.79 Å². The number of nitro groups is 1. The molecule has 0 heterocycles. The van der Waals surface area contributed by atoms with E-state index >= 15 is 0 Å². The van der Waals surface area contributed by atoms with Crippen LogP contribution in [0, 0.1) is 17.0 Å². The smallest absolute Gasteiger partial charge is 0.275 e. The van der Waals surface area contributed by atoms with Gasteiger partial charge in [-0.2, -0.15) is 4.99 Å². The number of carbonyl (C=O) groups excluding carboxylic acids is 1. The summed E-state index contributed by atoms with van der Waals surface area (Å²) in [6.45, 7) is 1.86. The Labute approximate surface area is 114 Å². The second kappa shape index (κ2) is 5.77. The molecule has 0 amide bonds. The van der Waals surface area contributed by atoms with Crippen molar-refractivity contribution >= 4 is 17.5 Å². The van der Waals surface area contributed by atoms with Gasteiger partial charge in [-0.05, 0) is 18.6 Å². The lowest BCUT2D eigenvalue weighted by molar-refractivity contribution is -0.384. The first-order valence-electron chi connectivity index (χ1n) is 5.71. The van der Waals surface area contributed by atoms with Gasteiger partial charge >= 0.3 is 0 Å². The Kier molecular flexibility index (Phi) is 3.88. The fourth-order valence-electron chi connectivity index (χ4n) is 1.65. The molecular weight excluding hydrogens is 260 g/mol. The minimum absolute atomic E-state index is 0.123. The predicted octanol–water partition coefficient (Wildman–Crippen LogP) is 3.66. The number of non-ortho nitro benzene ring substituents is 1. The molecule has 0 radical (unpaired) electrons. The van der Waals surface area contributed by atoms with Crippen molar-refractivity contribution in [1.82, 2.24) is 0 Å². The summed E-state index contributed by atoms with van der Waals surface area (Å²) in [6, 6.07) is 11.1. The van der Waals surface area contributed by atoms with E-state index in [1.54, 1.807) is 12.1 Å². The lowest BCUT2D eigenvalue weighted by Crippen LogP contribution is -1.91. The Hall–Kier alpha value is -2.98. The zero-order valence-corrected chi connectivity index (χ0v) is 10.6. The minimum Gasteiger partial charge on any atom is -0.457 e. The van der Waals surface area contributed by atoms with Crippen LogP contribution in [0.25, 0.3) is 0 Å². The lowest BCUT2D eigenvalue weighted by atomic mass is 10.2. The topological polar surface area (TPSA) is 81.8 Å². The van der Waals surface area contributed by atoms with Crippen molar-refractivity contribution in [3.63, 3.8) is 0 Å². The summed E-state index contributed by atoms with van der Waals surface area (Å²) in [4.78, 5) is 23.9. The van der Waals surface area contributed by atoms with Crippen molar-refractivity contribution in [1.29, 1.82) is 0 Å². The molecule has 0 unspecified atom stereocenters. The normalized spacial score (nSPS) is 9.65. The molecule has 0 saturated heterocycles. The predicted molar refractivity (Wildman–Crippen MR) is 72.1 cm³/mol. The molecule has 0 aliphatic heterocycles. The molecule has 6 nitrogen and oxygen atoms in total. The van der Waals surface area contributed by atoms with E-state index in [4.69, 9.17) is 4.74 Å². The third-order valence-corrected chi connectivity index (χ3v) is 2.58. The van der Waals surface area contributed by atoms with Crippen molar-refractivity contribution in [2.24, 2.45) is 4.99 Å². The molecule has 0 aliphatic rings. The molecule has 6 heteroatoms. The average Bonchev–Trinajstić information content (AvgIpc) is 2.41. The molecule has 0 aromatic heterocycles. The maximum Gasteiger partial charge on any atom is 0.275 e. The number of nitro benzene ring substituents is 1. The van der Waals surface area contributed by atoms with E-state index in [0.29, 0.717) is 5.75 Å². The molecule has 2 rings (SSSR count). The summed E-state index contributed by atoms with van der Waals surface area (Å²) in [6.07, 6.45) is 1.35. The van der Waals surface area contributed by atoms with Crippen LogP contribution in [0.3, 0.4) is 0 Å². The van der Waals surface area contributed by atoms with Crippen LogP contribution < -0.4 is 4.74 Å². The Morgan fingerprint density at radius 1 is 1.25 bits per heavy atom. The first-order chi connectivity index (χ1) is 9.60. The molecule has 0 fully saturated rings. The number of hydrogen-bond donors (Lipinski definition) is 0. The van der Waals surface area contributed by atoms with Crippen LogP contribution in [0.15, 0.2) is 47.5 Å². The number of isocyanates is 1. The van der Waals surface area contributed by atoms with Gasteiger partial charge in [-0.15, -0.1) is 0 Å². The van der Waals surface area contributed by atoms with E-state index in [-0.39, 0.29) is 17.1 Å². The molecule has 20 heavy (non-hydrogen) atoms. The van der Waals surface area contributed by atoms with Crippen LogP contribution in [-0.2, 0) is 4.79 Å². The maximum absolute atomic E-state index is 10.8. The van der Waals surface area contributed by atoms with Gasteiger partial charge in [0.1, 0.15) is 11.5 Å². The highest BCUT2D eigenvalue weighted by atomic mass is 16.6. The fraction of sp³-hybridized carbons (Fsp3) is 0.0714. The summed E-state index contributed by atoms with van der Waals surface area (Å²) in [5.74, 6) is 0.816. The third kappa shape index (κ3) is 3.07. The third-order valence-electron chi connectivity index (χ3n) is 2.58. The van der Waals surface area contributed by atoms with Crippen LogP contribution in [-0.4, -0.2) is 11.0 Å². The molecule has 0 saturated carbocycles. The van der Waals surface area contributed by atoms with Crippen molar-refractivity contribution in [3.8, 4) is 11.5 Å². The van der Waals surface area contributed by atoms with Gasteiger partial charge in [0.25, 0.3) is 5.69 Å². The molecular formula is C14H10N2O4. The summed E-state index contributed by atoms with van der Waals surface area (Å²) >= 11 is 0. The number of ether oxygens (including phenoxy) is 1. The van der Waals surface area contributed by atoms with Gasteiger partial charge in [0, 0.05) is 12.1 Å². The summed E-state index contributed by atoms with van der Waals surface area (Å²) < 4.78 is 5.59. The van der Waals surface area contributed by atoms with Crippen molar-refractivity contribution in [2.45, 2.75) is 6.92 Å². The van der Waals surface area contributed by atoms with Gasteiger partial charge in [-0.3, -0.25) is 10.1 Å². The Balaban J connectivity index is 2.43. The van der Waals surface area contributed by atoms with E-state index in [2.05, 4.69) is 4.99 Å². The van der Waals surface area contributed by atoms with E-state index in [0.717, 1.165) is 5.56 Å². The fourth-order valence-corrected chi connectivity index (χ4v) is 1.65. The largest absolute Gasteiger partial charge is 0.457 e. The second-order valence-corrected chi connectivity index (χ2v) is 4.01. The van der Waals surface area contributed by atoms with Crippen LogP contribution >= 0.6 is 0 Å². The van der Waals surface area contributed by atoms with Gasteiger partial charge in [0.15, 0.2) is 0 Å². The molecule has 0 bridgehead atoms. The van der Waals surface area contributed by atoms with Crippen molar-refractivity contribution in [3.05, 3.63) is 58.1 Å². The van der Waals surface area contributed by atoms with Crippen molar-refractivity contribution in [2.75, 3.05) is 0 Å². The van der Waals surface area contributed by atoms with Crippen molar-refractivity contribution < 1.29 is 14.5 Å². The molecule has 2 aromatic rings. The first-order valence-corrected chi connectivity index (χ1v) is 5.71. The van der Waals surface area contributed by atoms with E-state index in [1.165, 1.54) is 24.3 Å². The number of para-hydroxylation sites is 1. The van der Waals surface area contributed by atoms with E-state index in [9.17, 15) is 14.9 Å². The van der Waals surface area contributed by atoms with E-state index < -0.39 is 4.92 Å². The zero-order chi connectivity index (χ0) is 14.5.